The van der Waals surface area contributed by atoms with Crippen molar-refractivity contribution < 1.29 is 22.4 Å². The zero-order chi connectivity index (χ0) is 21.0. The van der Waals surface area contributed by atoms with E-state index in [0.717, 1.165) is 42.1 Å². The molecule has 7 nitrogen and oxygen atoms in total. The second-order valence-corrected chi connectivity index (χ2v) is 7.82. The van der Waals surface area contributed by atoms with Gasteiger partial charge in [-0.15, -0.1) is 0 Å². The van der Waals surface area contributed by atoms with Crippen molar-refractivity contribution in [3.63, 3.8) is 0 Å². The number of alkyl halides is 3. The predicted molar refractivity (Wildman–Crippen MR) is 99.5 cm³/mol. The molecule has 1 saturated heterocycles. The van der Waals surface area contributed by atoms with Crippen molar-refractivity contribution >= 4 is 11.5 Å². The first-order valence-electron chi connectivity index (χ1n) is 9.87. The number of hydrazine groups is 1. The van der Waals surface area contributed by atoms with Crippen molar-refractivity contribution in [1.82, 2.24) is 25.7 Å². The summed E-state index contributed by atoms with van der Waals surface area (Å²) in [4.78, 5) is 21.7. The molecule has 4 heterocycles. The fraction of sp³-hybridized carbons (Fsp3) is 0.450. The molecule has 10 heteroatoms. The molecule has 3 atom stereocenters. The summed E-state index contributed by atoms with van der Waals surface area (Å²) >= 11 is 0. The Kier molecular flexibility index (Phi) is 4.35. The van der Waals surface area contributed by atoms with Crippen LogP contribution in [0, 0.1) is 0 Å². The van der Waals surface area contributed by atoms with Gasteiger partial charge in [0, 0.05) is 24.5 Å². The quantitative estimate of drug-likeness (QED) is 0.779. The number of nitrogens with one attached hydrogen (secondary N) is 2. The Hall–Kier alpha value is -2.88. The smallest absolute Gasteiger partial charge is 0.406 e. The number of pyridine rings is 1. The van der Waals surface area contributed by atoms with Crippen LogP contribution >= 0.6 is 0 Å². The molecular weight excluding hydrogens is 399 g/mol. The van der Waals surface area contributed by atoms with E-state index in [1.54, 1.807) is 19.1 Å². The number of aromatic nitrogens is 2. The Morgan fingerprint density at radius 3 is 2.77 bits per heavy atom. The molecule has 5 rings (SSSR count). The summed E-state index contributed by atoms with van der Waals surface area (Å²) in [6.45, 7) is 1.66. The van der Waals surface area contributed by atoms with E-state index in [9.17, 15) is 18.0 Å². The summed E-state index contributed by atoms with van der Waals surface area (Å²) in [5, 5.41) is 4.10. The highest BCUT2D eigenvalue weighted by Gasteiger charge is 2.58. The van der Waals surface area contributed by atoms with Crippen molar-refractivity contribution in [3.8, 4) is 0 Å². The van der Waals surface area contributed by atoms with Crippen LogP contribution in [0.15, 0.2) is 34.6 Å². The van der Waals surface area contributed by atoms with E-state index < -0.39 is 30.2 Å². The van der Waals surface area contributed by atoms with Crippen LogP contribution in [0.5, 0.6) is 0 Å². The van der Waals surface area contributed by atoms with E-state index in [2.05, 4.69) is 20.7 Å². The number of oxazole rings is 1. The lowest BCUT2D eigenvalue weighted by Gasteiger charge is -2.34. The summed E-state index contributed by atoms with van der Waals surface area (Å²) in [5.74, 6) is -0.736. The topological polar surface area (TPSA) is 83.3 Å². The Balaban J connectivity index is 1.54. The van der Waals surface area contributed by atoms with Crippen molar-refractivity contribution in [2.24, 2.45) is 0 Å². The number of nitrogens with zero attached hydrogens (tertiary/aromatic N) is 3. The number of carbonyl (C=O) groups excluding carboxylic acids is 1. The molecule has 2 aromatic rings. The molecule has 2 N–H and O–H groups in total. The lowest BCUT2D eigenvalue weighted by molar-refractivity contribution is -0.161. The number of allylic oxidation sites excluding steroid dienone is 1. The van der Waals surface area contributed by atoms with Gasteiger partial charge in [0.05, 0.1) is 11.6 Å². The third-order valence-corrected chi connectivity index (χ3v) is 5.91. The molecule has 1 aliphatic carbocycles. The number of amides is 1. The second kappa shape index (κ2) is 6.83. The molecule has 158 valence electrons. The maximum absolute atomic E-state index is 13.8. The minimum atomic E-state index is -4.56. The van der Waals surface area contributed by atoms with Crippen LogP contribution in [0.1, 0.15) is 48.6 Å². The molecule has 1 amide bonds. The zero-order valence-electron chi connectivity index (χ0n) is 16.2. The molecule has 0 aromatic carbocycles. The van der Waals surface area contributed by atoms with E-state index in [1.807, 2.05) is 0 Å². The van der Waals surface area contributed by atoms with Gasteiger partial charge in [0.25, 0.3) is 5.91 Å². The monoisotopic (exact) mass is 419 g/mol. The average molecular weight is 419 g/mol. The van der Waals surface area contributed by atoms with Crippen molar-refractivity contribution in [3.05, 3.63) is 53.1 Å². The molecule has 0 radical (unpaired) electrons. The molecule has 3 unspecified atom stereocenters. The maximum atomic E-state index is 13.8. The van der Waals surface area contributed by atoms with Gasteiger partial charge in [-0.1, -0.05) is 6.07 Å². The molecular formula is C20H20F3N5O2. The summed E-state index contributed by atoms with van der Waals surface area (Å²) in [5.41, 5.74) is 4.19. The highest BCUT2D eigenvalue weighted by molar-refractivity contribution is 6.19. The minimum absolute atomic E-state index is 0.154. The van der Waals surface area contributed by atoms with E-state index >= 15 is 0 Å². The molecule has 0 bridgehead atoms. The fourth-order valence-corrected chi connectivity index (χ4v) is 4.50. The van der Waals surface area contributed by atoms with Crippen molar-refractivity contribution in [1.29, 1.82) is 0 Å². The molecule has 1 fully saturated rings. The number of rotatable bonds is 2. The largest absolute Gasteiger partial charge is 0.441 e. The van der Waals surface area contributed by atoms with Crippen LogP contribution in [0.2, 0.25) is 0 Å². The number of halogens is 3. The van der Waals surface area contributed by atoms with Gasteiger partial charge in [0.1, 0.15) is 23.5 Å². The standard InChI is InChI=1S/C20H20F3N5O2/c1-10-14(18-26-12-6-2-3-7-13(12)30-18)19(29)28-17(25-10)15(11-5-4-8-24-9-11)16(27-28)20(21,22)23/h4-5,8-9,15-17,25,27H,2-3,6-7H2,1H3. The summed E-state index contributed by atoms with van der Waals surface area (Å²) in [7, 11) is 0. The number of aryl methyl sites for hydroxylation is 2. The third-order valence-electron chi connectivity index (χ3n) is 5.91. The maximum Gasteiger partial charge on any atom is 0.406 e. The number of hydrogen-bond donors (Lipinski definition) is 2. The van der Waals surface area contributed by atoms with Crippen LogP contribution in [-0.2, 0) is 17.6 Å². The highest BCUT2D eigenvalue weighted by atomic mass is 19.4. The first-order chi connectivity index (χ1) is 14.3. The molecule has 3 aliphatic rings. The third kappa shape index (κ3) is 2.97. The SMILES string of the molecule is CC1=C(c2nc3c(o2)CCCC3)C(=O)N2NC(C(F)(F)F)C(c3cccnc3)C2N1. The first-order valence-corrected chi connectivity index (χ1v) is 9.87. The number of fused-ring (bicyclic) bond motifs is 2. The lowest BCUT2D eigenvalue weighted by atomic mass is 9.90. The van der Waals surface area contributed by atoms with Crippen LogP contribution in [-0.4, -0.2) is 39.3 Å². The van der Waals surface area contributed by atoms with Gasteiger partial charge in [-0.05, 0) is 37.8 Å². The summed E-state index contributed by atoms with van der Waals surface area (Å²) in [6.07, 6.45) is 0.936. The Morgan fingerprint density at radius 2 is 2.07 bits per heavy atom. The molecule has 30 heavy (non-hydrogen) atoms. The summed E-state index contributed by atoms with van der Waals surface area (Å²) < 4.78 is 47.4. The number of hydrogen-bond acceptors (Lipinski definition) is 6. The van der Waals surface area contributed by atoms with Gasteiger partial charge >= 0.3 is 6.18 Å². The predicted octanol–water partition coefficient (Wildman–Crippen LogP) is 2.67. The minimum Gasteiger partial charge on any atom is -0.441 e. The average Bonchev–Trinajstić information content (AvgIpc) is 3.30. The van der Waals surface area contributed by atoms with E-state index in [4.69, 9.17) is 4.42 Å². The first kappa shape index (κ1) is 19.1. The van der Waals surface area contributed by atoms with Crippen LogP contribution in [0.25, 0.3) is 5.57 Å². The van der Waals surface area contributed by atoms with Gasteiger partial charge in [0.2, 0.25) is 5.89 Å². The van der Waals surface area contributed by atoms with Crippen LogP contribution in [0.4, 0.5) is 13.2 Å². The second-order valence-electron chi connectivity index (χ2n) is 7.82. The van der Waals surface area contributed by atoms with Gasteiger partial charge < -0.3 is 9.73 Å². The van der Waals surface area contributed by atoms with E-state index in [0.29, 0.717) is 11.3 Å². The van der Waals surface area contributed by atoms with Gasteiger partial charge in [0.15, 0.2) is 0 Å². The normalized spacial score (nSPS) is 26.5. The van der Waals surface area contributed by atoms with Gasteiger partial charge in [-0.25, -0.2) is 15.4 Å². The fourth-order valence-electron chi connectivity index (χ4n) is 4.50. The van der Waals surface area contributed by atoms with Gasteiger partial charge in [-0.2, -0.15) is 13.2 Å². The highest BCUT2D eigenvalue weighted by Crippen LogP contribution is 2.42. The molecule has 0 spiro atoms. The Morgan fingerprint density at radius 1 is 1.27 bits per heavy atom. The van der Waals surface area contributed by atoms with Crippen LogP contribution in [0.3, 0.4) is 0 Å². The number of carbonyl (C=O) groups is 1. The lowest BCUT2D eigenvalue weighted by Crippen LogP contribution is -2.54. The van der Waals surface area contributed by atoms with E-state index in [-0.39, 0.29) is 11.5 Å². The Bertz CT molecular complexity index is 994. The van der Waals surface area contributed by atoms with Crippen LogP contribution < -0.4 is 10.7 Å². The van der Waals surface area contributed by atoms with Crippen molar-refractivity contribution in [2.75, 3.05) is 0 Å². The van der Waals surface area contributed by atoms with E-state index in [1.165, 1.54) is 12.4 Å². The molecule has 2 aromatic heterocycles. The molecule has 2 aliphatic heterocycles. The summed E-state index contributed by atoms with van der Waals surface area (Å²) in [6, 6.07) is 1.24. The molecule has 0 saturated carbocycles. The Labute approximate surface area is 170 Å². The van der Waals surface area contributed by atoms with Gasteiger partial charge in [-0.3, -0.25) is 9.78 Å². The zero-order valence-corrected chi connectivity index (χ0v) is 16.2. The van der Waals surface area contributed by atoms with Crippen molar-refractivity contribution in [2.45, 2.75) is 56.9 Å².